The summed E-state index contributed by atoms with van der Waals surface area (Å²) in [6.07, 6.45) is 0. The van der Waals surface area contributed by atoms with Gasteiger partial charge in [0.1, 0.15) is 0 Å². The van der Waals surface area contributed by atoms with Crippen LogP contribution in [0.4, 0.5) is 0 Å². The summed E-state index contributed by atoms with van der Waals surface area (Å²) in [6.45, 7) is 9.49. The van der Waals surface area contributed by atoms with Gasteiger partial charge >= 0.3 is 0 Å². The van der Waals surface area contributed by atoms with E-state index in [1.807, 2.05) is 11.3 Å². The van der Waals surface area contributed by atoms with Crippen LogP contribution in [-0.2, 0) is 10.8 Å². The SMILES string of the molecule is CC1(C)c2ccccc2-c2cc3c(cc21)sc1c2ccc(-c4ccc(-c5c6ccccc6c(-c6cccc7c6-c6ccccc6C7(C)C)c6ccccc56)cc4)cc2ccc31. The van der Waals surface area contributed by atoms with Crippen molar-refractivity contribution in [3.8, 4) is 55.6 Å². The first-order valence-corrected chi connectivity index (χ1v) is 22.4. The van der Waals surface area contributed by atoms with Crippen molar-refractivity contribution in [3.05, 3.63) is 204 Å². The maximum atomic E-state index is 2.48. The molecule has 0 nitrogen and oxygen atoms in total. The van der Waals surface area contributed by atoms with E-state index in [0.29, 0.717) is 0 Å². The third kappa shape index (κ3) is 4.76. The molecular weight excluding hydrogens is 753 g/mol. The molecular formula is C60H42S. The molecule has 1 heterocycles. The molecule has 10 aromatic carbocycles. The Kier molecular flexibility index (Phi) is 7.11. The summed E-state index contributed by atoms with van der Waals surface area (Å²) in [6, 6.07) is 69.0. The highest BCUT2D eigenvalue weighted by molar-refractivity contribution is 7.26. The van der Waals surface area contributed by atoms with Gasteiger partial charge in [0.05, 0.1) is 0 Å². The fraction of sp³-hybridized carbons (Fsp3) is 0.100. The number of hydrogen-bond acceptors (Lipinski definition) is 1. The van der Waals surface area contributed by atoms with E-state index in [1.54, 1.807) is 0 Å². The van der Waals surface area contributed by atoms with Crippen LogP contribution in [0.1, 0.15) is 49.9 Å². The lowest BCUT2D eigenvalue weighted by Gasteiger charge is -2.22. The van der Waals surface area contributed by atoms with Crippen molar-refractivity contribution in [1.29, 1.82) is 0 Å². The Labute approximate surface area is 360 Å². The highest BCUT2D eigenvalue weighted by Crippen LogP contribution is 2.55. The molecule has 2 aliphatic rings. The Morgan fingerprint density at radius 3 is 1.57 bits per heavy atom. The largest absolute Gasteiger partial charge is 0.135 e. The second kappa shape index (κ2) is 12.4. The molecule has 0 amide bonds. The molecule has 0 spiro atoms. The molecule has 0 bridgehead atoms. The van der Waals surface area contributed by atoms with E-state index in [-0.39, 0.29) is 10.8 Å². The lowest BCUT2D eigenvalue weighted by molar-refractivity contribution is 0.660. The second-order valence-electron chi connectivity index (χ2n) is 18.4. The molecule has 288 valence electrons. The van der Waals surface area contributed by atoms with E-state index in [0.717, 1.165) is 0 Å². The Morgan fingerprint density at radius 1 is 0.311 bits per heavy atom. The van der Waals surface area contributed by atoms with E-state index < -0.39 is 0 Å². The van der Waals surface area contributed by atoms with Gasteiger partial charge in [-0.3, -0.25) is 0 Å². The fourth-order valence-electron chi connectivity index (χ4n) is 11.5. The van der Waals surface area contributed by atoms with Gasteiger partial charge in [0.25, 0.3) is 0 Å². The van der Waals surface area contributed by atoms with Crippen molar-refractivity contribution in [2.45, 2.75) is 38.5 Å². The Morgan fingerprint density at radius 2 is 0.852 bits per heavy atom. The van der Waals surface area contributed by atoms with Crippen LogP contribution >= 0.6 is 11.3 Å². The molecule has 0 unspecified atom stereocenters. The number of benzene rings is 10. The standard InChI is InChI=1S/C60H42S/c1-59(2)51-22-12-10-19-46(51)57-47(20-13-23-52(57)59)56-43-17-7-5-15-41(43)55(42-16-6-8-18-44(42)56)36-26-24-35(25-27-36)37-28-30-39-38(32-37)29-31-45-49-33-48-40-14-9-11-21-50(40)60(3,4)53(48)34-54(49)61-58(39)45/h5-34H,1-4H3. The maximum absolute atomic E-state index is 2.48. The summed E-state index contributed by atoms with van der Waals surface area (Å²) in [5.74, 6) is 0. The molecule has 61 heavy (non-hydrogen) atoms. The van der Waals surface area contributed by atoms with Crippen molar-refractivity contribution in [3.63, 3.8) is 0 Å². The predicted molar refractivity (Wildman–Crippen MR) is 263 cm³/mol. The minimum atomic E-state index is -0.0587. The molecule has 1 aromatic heterocycles. The van der Waals surface area contributed by atoms with Crippen LogP contribution in [-0.4, -0.2) is 0 Å². The Balaban J connectivity index is 0.920. The highest BCUT2D eigenvalue weighted by atomic mass is 32.1. The fourth-order valence-corrected chi connectivity index (χ4v) is 12.7. The summed E-state index contributed by atoms with van der Waals surface area (Å²) in [7, 11) is 0. The monoisotopic (exact) mass is 794 g/mol. The van der Waals surface area contributed by atoms with E-state index in [9.17, 15) is 0 Å². The van der Waals surface area contributed by atoms with Crippen molar-refractivity contribution in [2.75, 3.05) is 0 Å². The molecule has 0 fully saturated rings. The molecule has 0 radical (unpaired) electrons. The smallest absolute Gasteiger partial charge is 0.0433 e. The number of fused-ring (bicyclic) bond motifs is 13. The van der Waals surface area contributed by atoms with Crippen LogP contribution in [0.15, 0.2) is 182 Å². The maximum Gasteiger partial charge on any atom is 0.0433 e. The lowest BCUT2D eigenvalue weighted by atomic mass is 9.80. The molecule has 0 saturated carbocycles. The van der Waals surface area contributed by atoms with E-state index in [1.165, 1.54) is 130 Å². The van der Waals surface area contributed by atoms with Gasteiger partial charge in [0.15, 0.2) is 0 Å². The highest BCUT2D eigenvalue weighted by Gasteiger charge is 2.38. The van der Waals surface area contributed by atoms with Gasteiger partial charge < -0.3 is 0 Å². The minimum absolute atomic E-state index is 0.000187. The van der Waals surface area contributed by atoms with Crippen molar-refractivity contribution < 1.29 is 0 Å². The van der Waals surface area contributed by atoms with E-state index >= 15 is 0 Å². The molecule has 0 aliphatic heterocycles. The third-order valence-corrected chi connectivity index (χ3v) is 15.7. The molecule has 0 N–H and O–H groups in total. The average molecular weight is 795 g/mol. The van der Waals surface area contributed by atoms with Gasteiger partial charge in [0.2, 0.25) is 0 Å². The summed E-state index contributed by atoms with van der Waals surface area (Å²) < 4.78 is 2.75. The van der Waals surface area contributed by atoms with Crippen LogP contribution in [0.5, 0.6) is 0 Å². The summed E-state index contributed by atoms with van der Waals surface area (Å²) >= 11 is 1.94. The normalized spacial score (nSPS) is 14.5. The second-order valence-corrected chi connectivity index (χ2v) is 19.4. The van der Waals surface area contributed by atoms with Crippen molar-refractivity contribution >= 4 is 63.8 Å². The Hall–Kier alpha value is -6.80. The molecule has 2 aliphatic carbocycles. The zero-order valence-electron chi connectivity index (χ0n) is 34.7. The molecule has 0 atom stereocenters. The minimum Gasteiger partial charge on any atom is -0.135 e. The van der Waals surface area contributed by atoms with Gasteiger partial charge in [-0.1, -0.05) is 191 Å². The van der Waals surface area contributed by atoms with Crippen LogP contribution < -0.4 is 0 Å². The third-order valence-electron chi connectivity index (χ3n) is 14.5. The molecule has 0 saturated heterocycles. The summed E-state index contributed by atoms with van der Waals surface area (Å²) in [5.41, 5.74) is 18.7. The molecule has 13 rings (SSSR count). The van der Waals surface area contributed by atoms with Crippen molar-refractivity contribution in [1.82, 2.24) is 0 Å². The number of thiophene rings is 1. The molecule has 11 aromatic rings. The molecule has 1 heteroatoms. The predicted octanol–water partition coefficient (Wildman–Crippen LogP) is 17.1. The van der Waals surface area contributed by atoms with Crippen molar-refractivity contribution in [2.24, 2.45) is 0 Å². The lowest BCUT2D eigenvalue weighted by Crippen LogP contribution is -2.14. The summed E-state index contributed by atoms with van der Waals surface area (Å²) in [4.78, 5) is 0. The van der Waals surface area contributed by atoms with Gasteiger partial charge in [-0.05, 0) is 128 Å². The Bertz CT molecular complexity index is 3630. The zero-order valence-corrected chi connectivity index (χ0v) is 35.5. The van der Waals surface area contributed by atoms with E-state index in [2.05, 4.69) is 210 Å². The van der Waals surface area contributed by atoms with Gasteiger partial charge in [-0.25, -0.2) is 0 Å². The van der Waals surface area contributed by atoms with Gasteiger partial charge in [-0.15, -0.1) is 11.3 Å². The zero-order chi connectivity index (χ0) is 40.8. The first-order valence-electron chi connectivity index (χ1n) is 21.6. The first kappa shape index (κ1) is 35.0. The van der Waals surface area contributed by atoms with Crippen LogP contribution in [0.25, 0.3) is 108 Å². The average Bonchev–Trinajstić information content (AvgIpc) is 3.87. The quantitative estimate of drug-likeness (QED) is 0.156. The van der Waals surface area contributed by atoms with Crippen LogP contribution in [0.3, 0.4) is 0 Å². The van der Waals surface area contributed by atoms with Crippen LogP contribution in [0.2, 0.25) is 0 Å². The number of rotatable bonds is 3. The van der Waals surface area contributed by atoms with Gasteiger partial charge in [0, 0.05) is 31.0 Å². The first-order chi connectivity index (χ1) is 29.8. The number of hydrogen-bond donors (Lipinski definition) is 0. The van der Waals surface area contributed by atoms with Gasteiger partial charge in [-0.2, -0.15) is 0 Å². The summed E-state index contributed by atoms with van der Waals surface area (Å²) in [5, 5.41) is 10.5. The van der Waals surface area contributed by atoms with Crippen LogP contribution in [0, 0.1) is 0 Å². The van der Waals surface area contributed by atoms with E-state index in [4.69, 9.17) is 0 Å². The topological polar surface area (TPSA) is 0 Å².